The van der Waals surface area contributed by atoms with Gasteiger partial charge in [-0.25, -0.2) is 0 Å². The molecule has 1 aromatic carbocycles. The van der Waals surface area contributed by atoms with Gasteiger partial charge in [0, 0.05) is 35.3 Å². The van der Waals surface area contributed by atoms with Gasteiger partial charge in [0.05, 0.1) is 6.61 Å². The third-order valence-electron chi connectivity index (χ3n) is 3.05. The summed E-state index contributed by atoms with van der Waals surface area (Å²) in [6.45, 7) is 2.41. The molecule has 2 rings (SSSR count). The number of nitrogens with zero attached hydrogens (tertiary/aromatic N) is 1. The van der Waals surface area contributed by atoms with E-state index in [1.165, 1.54) is 0 Å². The van der Waals surface area contributed by atoms with Gasteiger partial charge in [0.1, 0.15) is 0 Å². The number of methoxy groups -OCH3 is 1. The summed E-state index contributed by atoms with van der Waals surface area (Å²) >= 11 is 2.23. The van der Waals surface area contributed by atoms with Crippen molar-refractivity contribution in [3.05, 3.63) is 33.4 Å². The molecule has 0 aliphatic carbocycles. The second kappa shape index (κ2) is 5.82. The van der Waals surface area contributed by atoms with Crippen molar-refractivity contribution in [1.82, 2.24) is 4.90 Å². The lowest BCUT2D eigenvalue weighted by Crippen LogP contribution is -2.29. The molecule has 92 valence electrons. The van der Waals surface area contributed by atoms with Crippen LogP contribution in [0.25, 0.3) is 0 Å². The second-order valence-electron chi connectivity index (χ2n) is 4.37. The SMILES string of the molecule is COCC1CCN(C(=O)c2cccc(I)c2)C1. The molecule has 0 saturated carbocycles. The van der Waals surface area contributed by atoms with Crippen LogP contribution in [-0.2, 0) is 4.74 Å². The number of hydrogen-bond donors (Lipinski definition) is 0. The van der Waals surface area contributed by atoms with Crippen molar-refractivity contribution in [2.24, 2.45) is 5.92 Å². The highest BCUT2D eigenvalue weighted by Crippen LogP contribution is 2.19. The second-order valence-corrected chi connectivity index (χ2v) is 5.62. The molecular weight excluding hydrogens is 329 g/mol. The molecule has 0 N–H and O–H groups in total. The van der Waals surface area contributed by atoms with Gasteiger partial charge in [-0.05, 0) is 47.2 Å². The van der Waals surface area contributed by atoms with Crippen molar-refractivity contribution in [1.29, 1.82) is 0 Å². The minimum Gasteiger partial charge on any atom is -0.384 e. The maximum atomic E-state index is 12.2. The normalized spacial score (nSPS) is 19.6. The Hall–Kier alpha value is -0.620. The Morgan fingerprint density at radius 3 is 3.12 bits per heavy atom. The van der Waals surface area contributed by atoms with E-state index in [4.69, 9.17) is 4.74 Å². The number of benzene rings is 1. The largest absolute Gasteiger partial charge is 0.384 e. The fourth-order valence-electron chi connectivity index (χ4n) is 2.19. The third-order valence-corrected chi connectivity index (χ3v) is 3.72. The van der Waals surface area contributed by atoms with Crippen LogP contribution in [0.4, 0.5) is 0 Å². The van der Waals surface area contributed by atoms with Crippen molar-refractivity contribution in [3.8, 4) is 0 Å². The van der Waals surface area contributed by atoms with Crippen LogP contribution in [0.1, 0.15) is 16.8 Å². The zero-order valence-corrected chi connectivity index (χ0v) is 12.0. The van der Waals surface area contributed by atoms with Crippen LogP contribution < -0.4 is 0 Å². The van der Waals surface area contributed by atoms with Crippen LogP contribution in [0.5, 0.6) is 0 Å². The molecule has 0 bridgehead atoms. The molecule has 1 saturated heterocycles. The van der Waals surface area contributed by atoms with Crippen LogP contribution in [-0.4, -0.2) is 37.6 Å². The fraction of sp³-hybridized carbons (Fsp3) is 0.462. The van der Waals surface area contributed by atoms with E-state index in [1.54, 1.807) is 7.11 Å². The van der Waals surface area contributed by atoms with E-state index in [-0.39, 0.29) is 5.91 Å². The number of likely N-dealkylation sites (tertiary alicyclic amines) is 1. The van der Waals surface area contributed by atoms with E-state index in [0.717, 1.165) is 35.3 Å². The standard InChI is InChI=1S/C13H16INO2/c1-17-9-10-5-6-15(8-10)13(16)11-3-2-4-12(14)7-11/h2-4,7,10H,5-6,8-9H2,1H3. The van der Waals surface area contributed by atoms with Gasteiger partial charge in [0.25, 0.3) is 5.91 Å². The Labute approximate surface area is 115 Å². The zero-order valence-electron chi connectivity index (χ0n) is 9.86. The van der Waals surface area contributed by atoms with Crippen molar-refractivity contribution in [3.63, 3.8) is 0 Å². The van der Waals surface area contributed by atoms with E-state index < -0.39 is 0 Å². The molecule has 17 heavy (non-hydrogen) atoms. The highest BCUT2D eigenvalue weighted by Gasteiger charge is 2.26. The van der Waals surface area contributed by atoms with E-state index in [0.29, 0.717) is 5.92 Å². The molecule has 0 spiro atoms. The highest BCUT2D eigenvalue weighted by molar-refractivity contribution is 14.1. The Morgan fingerprint density at radius 2 is 2.41 bits per heavy atom. The maximum absolute atomic E-state index is 12.2. The Bertz CT molecular complexity index is 408. The monoisotopic (exact) mass is 345 g/mol. The highest BCUT2D eigenvalue weighted by atomic mass is 127. The first kappa shape index (κ1) is 12.8. The summed E-state index contributed by atoms with van der Waals surface area (Å²) in [4.78, 5) is 14.2. The minimum absolute atomic E-state index is 0.141. The van der Waals surface area contributed by atoms with E-state index in [2.05, 4.69) is 22.6 Å². The summed E-state index contributed by atoms with van der Waals surface area (Å²) in [5, 5.41) is 0. The molecule has 3 nitrogen and oxygen atoms in total. The van der Waals surface area contributed by atoms with Gasteiger partial charge < -0.3 is 9.64 Å². The average molecular weight is 345 g/mol. The van der Waals surface area contributed by atoms with Gasteiger partial charge in [0.15, 0.2) is 0 Å². The molecule has 1 amide bonds. The molecule has 1 heterocycles. The number of ether oxygens (including phenoxy) is 1. The Kier molecular flexibility index (Phi) is 4.39. The molecule has 1 fully saturated rings. The van der Waals surface area contributed by atoms with Gasteiger partial charge in [-0.3, -0.25) is 4.79 Å². The third kappa shape index (κ3) is 3.19. The van der Waals surface area contributed by atoms with Crippen molar-refractivity contribution in [2.45, 2.75) is 6.42 Å². The summed E-state index contributed by atoms with van der Waals surface area (Å²) < 4.78 is 6.24. The predicted molar refractivity (Wildman–Crippen MR) is 75.0 cm³/mol. The lowest BCUT2D eigenvalue weighted by Gasteiger charge is -2.16. The zero-order chi connectivity index (χ0) is 12.3. The molecule has 0 aromatic heterocycles. The first-order valence-corrected chi connectivity index (χ1v) is 6.82. The average Bonchev–Trinajstić information content (AvgIpc) is 2.77. The Balaban J connectivity index is 2.02. The van der Waals surface area contributed by atoms with Gasteiger partial charge in [-0.15, -0.1) is 0 Å². The van der Waals surface area contributed by atoms with Crippen LogP contribution in [0.2, 0.25) is 0 Å². The molecule has 0 radical (unpaired) electrons. The number of hydrogen-bond acceptors (Lipinski definition) is 2. The number of carbonyl (C=O) groups is 1. The van der Waals surface area contributed by atoms with E-state index >= 15 is 0 Å². The quantitative estimate of drug-likeness (QED) is 0.788. The predicted octanol–water partition coefficient (Wildman–Crippen LogP) is 2.40. The molecule has 4 heteroatoms. The molecule has 1 atom stereocenters. The van der Waals surface area contributed by atoms with Crippen LogP contribution >= 0.6 is 22.6 Å². The molecule has 1 aliphatic heterocycles. The number of carbonyl (C=O) groups excluding carboxylic acids is 1. The Morgan fingerprint density at radius 1 is 1.59 bits per heavy atom. The van der Waals surface area contributed by atoms with Gasteiger partial charge >= 0.3 is 0 Å². The number of halogens is 1. The lowest BCUT2D eigenvalue weighted by atomic mass is 10.1. The van der Waals surface area contributed by atoms with E-state index in [1.807, 2.05) is 29.2 Å². The van der Waals surface area contributed by atoms with Gasteiger partial charge in [-0.1, -0.05) is 6.07 Å². The number of rotatable bonds is 3. The topological polar surface area (TPSA) is 29.5 Å². The maximum Gasteiger partial charge on any atom is 0.253 e. The van der Waals surface area contributed by atoms with Gasteiger partial charge in [-0.2, -0.15) is 0 Å². The van der Waals surface area contributed by atoms with Crippen LogP contribution in [0.15, 0.2) is 24.3 Å². The fourth-order valence-corrected chi connectivity index (χ4v) is 2.74. The molecule has 1 aliphatic rings. The first-order chi connectivity index (χ1) is 8.20. The van der Waals surface area contributed by atoms with Crippen LogP contribution in [0.3, 0.4) is 0 Å². The summed E-state index contributed by atoms with van der Waals surface area (Å²) in [6.07, 6.45) is 1.05. The van der Waals surface area contributed by atoms with E-state index in [9.17, 15) is 4.79 Å². The van der Waals surface area contributed by atoms with Crippen LogP contribution in [0, 0.1) is 9.49 Å². The van der Waals surface area contributed by atoms with Crippen molar-refractivity contribution < 1.29 is 9.53 Å². The summed E-state index contributed by atoms with van der Waals surface area (Å²) in [7, 11) is 1.71. The molecular formula is C13H16INO2. The lowest BCUT2D eigenvalue weighted by molar-refractivity contribution is 0.0775. The summed E-state index contributed by atoms with van der Waals surface area (Å²) in [5.41, 5.74) is 0.787. The molecule has 1 unspecified atom stereocenters. The molecule has 1 aromatic rings. The summed E-state index contributed by atoms with van der Waals surface area (Å²) in [5.74, 6) is 0.633. The smallest absolute Gasteiger partial charge is 0.253 e. The van der Waals surface area contributed by atoms with Gasteiger partial charge in [0.2, 0.25) is 0 Å². The minimum atomic E-state index is 0.141. The number of amides is 1. The van der Waals surface area contributed by atoms with Crippen molar-refractivity contribution in [2.75, 3.05) is 26.8 Å². The first-order valence-electron chi connectivity index (χ1n) is 5.74. The summed E-state index contributed by atoms with van der Waals surface area (Å²) in [6, 6.07) is 7.74. The van der Waals surface area contributed by atoms with Crippen molar-refractivity contribution >= 4 is 28.5 Å².